The van der Waals surface area contributed by atoms with Crippen molar-refractivity contribution in [1.29, 1.82) is 0 Å². The fraction of sp³-hybridized carbons (Fsp3) is 0.200. The van der Waals surface area contributed by atoms with Gasteiger partial charge < -0.3 is 9.67 Å². The van der Waals surface area contributed by atoms with Crippen molar-refractivity contribution < 1.29 is 14.7 Å². The van der Waals surface area contributed by atoms with Crippen LogP contribution in [-0.2, 0) is 7.05 Å². The van der Waals surface area contributed by atoms with Crippen LogP contribution >= 0.6 is 23.2 Å². The second-order valence-corrected chi connectivity index (χ2v) is 5.57. The van der Waals surface area contributed by atoms with Gasteiger partial charge in [0.1, 0.15) is 0 Å². The summed E-state index contributed by atoms with van der Waals surface area (Å²) >= 11 is 11.8. The Balaban J connectivity index is 2.61. The Labute approximate surface area is 131 Å². The molecule has 0 unspecified atom stereocenters. The lowest BCUT2D eigenvalue weighted by Crippen LogP contribution is -2.09. The zero-order chi connectivity index (χ0) is 15.9. The minimum absolute atomic E-state index is 0.154. The highest BCUT2D eigenvalue weighted by atomic mass is 35.5. The molecule has 1 aromatic heterocycles. The minimum atomic E-state index is -1.05. The van der Waals surface area contributed by atoms with Gasteiger partial charge in [0.25, 0.3) is 0 Å². The number of hydrogen-bond acceptors (Lipinski definition) is 2. The molecule has 0 spiro atoms. The van der Waals surface area contributed by atoms with Crippen molar-refractivity contribution in [3.8, 4) is 0 Å². The summed E-state index contributed by atoms with van der Waals surface area (Å²) in [6.07, 6.45) is 0. The third-order valence-corrected chi connectivity index (χ3v) is 4.28. The highest BCUT2D eigenvalue weighted by Crippen LogP contribution is 2.27. The predicted molar refractivity (Wildman–Crippen MR) is 81.7 cm³/mol. The van der Waals surface area contributed by atoms with Gasteiger partial charge in [-0.2, -0.15) is 0 Å². The Morgan fingerprint density at radius 2 is 1.76 bits per heavy atom. The van der Waals surface area contributed by atoms with E-state index in [1.807, 2.05) is 0 Å². The number of aromatic carboxylic acids is 1. The number of carboxylic acid groups (broad SMARTS) is 1. The van der Waals surface area contributed by atoms with E-state index in [0.29, 0.717) is 27.5 Å². The molecule has 21 heavy (non-hydrogen) atoms. The summed E-state index contributed by atoms with van der Waals surface area (Å²) in [6.45, 7) is 3.29. The van der Waals surface area contributed by atoms with E-state index >= 15 is 0 Å². The van der Waals surface area contributed by atoms with Crippen LogP contribution in [0.5, 0.6) is 0 Å². The van der Waals surface area contributed by atoms with Crippen molar-refractivity contribution in [2.75, 3.05) is 0 Å². The molecule has 0 atom stereocenters. The average Bonchev–Trinajstić information content (AvgIpc) is 2.63. The molecule has 1 heterocycles. The number of carboxylic acids is 1. The fourth-order valence-corrected chi connectivity index (χ4v) is 2.69. The molecule has 0 bridgehead atoms. The summed E-state index contributed by atoms with van der Waals surface area (Å²) in [5.41, 5.74) is 1.83. The number of benzene rings is 1. The predicted octanol–water partition coefficient (Wildman–Crippen LogP) is 3.88. The van der Waals surface area contributed by atoms with E-state index in [1.165, 1.54) is 6.07 Å². The lowest BCUT2D eigenvalue weighted by atomic mass is 10.0. The molecule has 6 heteroatoms. The highest BCUT2D eigenvalue weighted by molar-refractivity contribution is 6.42. The third-order valence-electron chi connectivity index (χ3n) is 3.54. The number of nitrogens with zero attached hydrogens (tertiary/aromatic N) is 1. The van der Waals surface area contributed by atoms with Crippen molar-refractivity contribution in [3.63, 3.8) is 0 Å². The van der Waals surface area contributed by atoms with Crippen LogP contribution in [0.1, 0.15) is 37.7 Å². The first-order valence-electron chi connectivity index (χ1n) is 6.14. The van der Waals surface area contributed by atoms with Gasteiger partial charge in [-0.25, -0.2) is 4.79 Å². The molecular formula is C15H13Cl2NO3. The van der Waals surface area contributed by atoms with Crippen LogP contribution in [0, 0.1) is 13.8 Å². The molecule has 4 nitrogen and oxygen atoms in total. The van der Waals surface area contributed by atoms with Gasteiger partial charge in [-0.05, 0) is 37.6 Å². The van der Waals surface area contributed by atoms with E-state index in [0.717, 1.165) is 0 Å². The van der Waals surface area contributed by atoms with Crippen LogP contribution in [0.4, 0.5) is 0 Å². The molecule has 0 aliphatic rings. The standard InChI is InChI=1S/C15H13Cl2NO3/c1-7-12(15(20)21)8(2)18(3)13(7)14(19)9-4-5-10(16)11(17)6-9/h4-6H,1-3H3,(H,20,21). The second-order valence-electron chi connectivity index (χ2n) is 4.76. The first-order valence-corrected chi connectivity index (χ1v) is 6.90. The van der Waals surface area contributed by atoms with Crippen molar-refractivity contribution in [3.05, 3.63) is 56.3 Å². The number of ketones is 1. The van der Waals surface area contributed by atoms with Crippen molar-refractivity contribution >= 4 is 35.0 Å². The SMILES string of the molecule is Cc1c(C(=O)O)c(C)n(C)c1C(=O)c1ccc(Cl)c(Cl)c1. The summed E-state index contributed by atoms with van der Waals surface area (Å²) in [7, 11) is 1.67. The number of aromatic nitrogens is 1. The molecule has 2 aromatic rings. The monoisotopic (exact) mass is 325 g/mol. The molecule has 1 aromatic carbocycles. The Bertz CT molecular complexity index is 763. The maximum absolute atomic E-state index is 12.6. The molecule has 0 aliphatic heterocycles. The molecule has 0 radical (unpaired) electrons. The molecule has 1 N–H and O–H groups in total. The third kappa shape index (κ3) is 2.57. The lowest BCUT2D eigenvalue weighted by molar-refractivity contribution is 0.0695. The van der Waals surface area contributed by atoms with Gasteiger partial charge in [0, 0.05) is 18.3 Å². The lowest BCUT2D eigenvalue weighted by Gasteiger charge is -2.06. The first kappa shape index (κ1) is 15.6. The Hall–Kier alpha value is -1.78. The van der Waals surface area contributed by atoms with Crippen LogP contribution in [0.25, 0.3) is 0 Å². The number of carbonyl (C=O) groups is 2. The fourth-order valence-electron chi connectivity index (χ4n) is 2.39. The van der Waals surface area contributed by atoms with E-state index in [2.05, 4.69) is 0 Å². The van der Waals surface area contributed by atoms with E-state index < -0.39 is 5.97 Å². The molecule has 2 rings (SSSR count). The summed E-state index contributed by atoms with van der Waals surface area (Å²) < 4.78 is 1.59. The van der Waals surface area contributed by atoms with Crippen LogP contribution in [0.15, 0.2) is 18.2 Å². The highest BCUT2D eigenvalue weighted by Gasteiger charge is 2.25. The second kappa shape index (κ2) is 5.54. The Morgan fingerprint density at radius 1 is 1.14 bits per heavy atom. The summed E-state index contributed by atoms with van der Waals surface area (Å²) in [5.74, 6) is -1.34. The topological polar surface area (TPSA) is 59.3 Å². The maximum atomic E-state index is 12.6. The molecule has 110 valence electrons. The van der Waals surface area contributed by atoms with Gasteiger partial charge >= 0.3 is 5.97 Å². The Kier molecular flexibility index (Phi) is 4.12. The van der Waals surface area contributed by atoms with Crippen LogP contribution in [0.3, 0.4) is 0 Å². The Morgan fingerprint density at radius 3 is 2.24 bits per heavy atom. The largest absolute Gasteiger partial charge is 0.478 e. The average molecular weight is 326 g/mol. The zero-order valence-electron chi connectivity index (χ0n) is 11.7. The van der Waals surface area contributed by atoms with E-state index in [9.17, 15) is 14.7 Å². The molecule has 0 saturated carbocycles. The first-order chi connectivity index (χ1) is 9.75. The van der Waals surface area contributed by atoms with Gasteiger partial charge in [-0.1, -0.05) is 23.2 Å². The van der Waals surface area contributed by atoms with Gasteiger partial charge in [0.05, 0.1) is 21.3 Å². The van der Waals surface area contributed by atoms with Gasteiger partial charge in [-0.15, -0.1) is 0 Å². The number of carbonyl (C=O) groups excluding carboxylic acids is 1. The number of halogens is 2. The van der Waals surface area contributed by atoms with Gasteiger partial charge in [0.15, 0.2) is 0 Å². The molecular weight excluding hydrogens is 313 g/mol. The van der Waals surface area contributed by atoms with Crippen molar-refractivity contribution in [1.82, 2.24) is 4.57 Å². The molecule has 0 amide bonds. The molecule has 0 fully saturated rings. The van der Waals surface area contributed by atoms with Crippen molar-refractivity contribution in [2.24, 2.45) is 7.05 Å². The summed E-state index contributed by atoms with van der Waals surface area (Å²) in [4.78, 5) is 23.9. The zero-order valence-corrected chi connectivity index (χ0v) is 13.2. The maximum Gasteiger partial charge on any atom is 0.337 e. The minimum Gasteiger partial charge on any atom is -0.478 e. The smallest absolute Gasteiger partial charge is 0.337 e. The van der Waals surface area contributed by atoms with Gasteiger partial charge in [-0.3, -0.25) is 4.79 Å². The van der Waals surface area contributed by atoms with Crippen LogP contribution in [0.2, 0.25) is 10.0 Å². The van der Waals surface area contributed by atoms with Crippen LogP contribution in [-0.4, -0.2) is 21.4 Å². The van der Waals surface area contributed by atoms with Crippen molar-refractivity contribution in [2.45, 2.75) is 13.8 Å². The summed E-state index contributed by atoms with van der Waals surface area (Å²) in [5, 5.41) is 9.90. The normalized spacial score (nSPS) is 10.7. The quantitative estimate of drug-likeness (QED) is 0.871. The molecule has 0 aliphatic carbocycles. The number of rotatable bonds is 3. The van der Waals surface area contributed by atoms with Gasteiger partial charge in [0.2, 0.25) is 5.78 Å². The van der Waals surface area contributed by atoms with E-state index in [-0.39, 0.29) is 16.4 Å². The number of hydrogen-bond donors (Lipinski definition) is 1. The summed E-state index contributed by atoms with van der Waals surface area (Å²) in [6, 6.07) is 4.59. The van der Waals surface area contributed by atoms with E-state index in [1.54, 1.807) is 37.6 Å². The molecule has 0 saturated heterocycles. The van der Waals surface area contributed by atoms with Crippen LogP contribution < -0.4 is 0 Å². The van der Waals surface area contributed by atoms with E-state index in [4.69, 9.17) is 23.2 Å².